The highest BCUT2D eigenvalue weighted by molar-refractivity contribution is 7.99. The summed E-state index contributed by atoms with van der Waals surface area (Å²) in [5, 5.41) is 8.93. The molecule has 3 atom stereocenters. The molecule has 1 rings (SSSR count). The van der Waals surface area contributed by atoms with Crippen LogP contribution < -0.4 is 5.73 Å². The van der Waals surface area contributed by atoms with Gasteiger partial charge in [-0.25, -0.2) is 4.39 Å². The van der Waals surface area contributed by atoms with Gasteiger partial charge in [-0.1, -0.05) is 25.1 Å². The molecule has 1 aromatic rings. The van der Waals surface area contributed by atoms with Crippen LogP contribution in [0.5, 0.6) is 0 Å². The van der Waals surface area contributed by atoms with E-state index in [0.29, 0.717) is 5.56 Å². The van der Waals surface area contributed by atoms with E-state index in [2.05, 4.69) is 0 Å². The fourth-order valence-corrected chi connectivity index (χ4v) is 2.87. The molecule has 0 amide bonds. The molecule has 96 valence electrons. The Balaban J connectivity index is 2.76. The number of hydrogen-bond donors (Lipinski definition) is 2. The van der Waals surface area contributed by atoms with E-state index < -0.39 is 0 Å². The number of benzene rings is 1. The Labute approximate surface area is 106 Å². The summed E-state index contributed by atoms with van der Waals surface area (Å²) < 4.78 is 13.7. The monoisotopic (exact) mass is 257 g/mol. The van der Waals surface area contributed by atoms with E-state index in [0.717, 1.165) is 5.75 Å². The van der Waals surface area contributed by atoms with Crippen LogP contribution in [-0.4, -0.2) is 23.5 Å². The van der Waals surface area contributed by atoms with Crippen LogP contribution in [0, 0.1) is 11.7 Å². The van der Waals surface area contributed by atoms with E-state index in [-0.39, 0.29) is 29.6 Å². The summed E-state index contributed by atoms with van der Waals surface area (Å²) in [6.45, 7) is 4.00. The topological polar surface area (TPSA) is 46.2 Å². The van der Waals surface area contributed by atoms with Crippen LogP contribution in [0.3, 0.4) is 0 Å². The zero-order chi connectivity index (χ0) is 12.8. The highest BCUT2D eigenvalue weighted by Gasteiger charge is 2.20. The number of rotatable bonds is 6. The fraction of sp³-hybridized carbons (Fsp3) is 0.538. The molecule has 0 heterocycles. The van der Waals surface area contributed by atoms with Crippen LogP contribution in [0.25, 0.3) is 0 Å². The Bertz CT molecular complexity index is 346. The first-order valence-electron chi connectivity index (χ1n) is 5.78. The van der Waals surface area contributed by atoms with Gasteiger partial charge in [-0.15, -0.1) is 0 Å². The van der Waals surface area contributed by atoms with Crippen LogP contribution in [0.1, 0.15) is 24.7 Å². The zero-order valence-corrected chi connectivity index (χ0v) is 11.1. The first kappa shape index (κ1) is 14.5. The standard InChI is InChI=1S/C13H20FNOS/c1-9(7-16)8-17-13(10(2)15)11-5-3-4-6-12(11)14/h3-6,9-10,13,16H,7-8,15H2,1-2H3. The third kappa shape index (κ3) is 4.30. The van der Waals surface area contributed by atoms with Crippen molar-refractivity contribution >= 4 is 11.8 Å². The van der Waals surface area contributed by atoms with E-state index in [1.807, 2.05) is 19.9 Å². The second kappa shape index (κ2) is 6.99. The van der Waals surface area contributed by atoms with E-state index in [1.165, 1.54) is 6.07 Å². The van der Waals surface area contributed by atoms with Gasteiger partial charge in [-0.3, -0.25) is 0 Å². The van der Waals surface area contributed by atoms with Gasteiger partial charge in [0.05, 0.1) is 0 Å². The quantitative estimate of drug-likeness (QED) is 0.823. The molecule has 0 aromatic heterocycles. The molecule has 0 saturated heterocycles. The molecule has 0 aliphatic rings. The summed E-state index contributed by atoms with van der Waals surface area (Å²) in [6, 6.07) is 6.62. The van der Waals surface area contributed by atoms with Crippen molar-refractivity contribution in [2.24, 2.45) is 11.7 Å². The van der Waals surface area contributed by atoms with Crippen molar-refractivity contribution in [3.8, 4) is 0 Å². The zero-order valence-electron chi connectivity index (χ0n) is 10.3. The van der Waals surface area contributed by atoms with E-state index in [9.17, 15) is 4.39 Å². The number of aliphatic hydroxyl groups is 1. The van der Waals surface area contributed by atoms with Crippen molar-refractivity contribution in [3.63, 3.8) is 0 Å². The van der Waals surface area contributed by atoms with Crippen LogP contribution in [-0.2, 0) is 0 Å². The van der Waals surface area contributed by atoms with E-state index >= 15 is 0 Å². The van der Waals surface area contributed by atoms with Crippen molar-refractivity contribution < 1.29 is 9.50 Å². The van der Waals surface area contributed by atoms with Gasteiger partial charge in [0.25, 0.3) is 0 Å². The summed E-state index contributed by atoms with van der Waals surface area (Å²) in [5.41, 5.74) is 6.57. The molecule has 0 aliphatic carbocycles. The predicted octanol–water partition coefficient (Wildman–Crippen LogP) is 2.58. The second-order valence-corrected chi connectivity index (χ2v) is 5.60. The van der Waals surface area contributed by atoms with Gasteiger partial charge in [-0.2, -0.15) is 11.8 Å². The lowest BCUT2D eigenvalue weighted by Crippen LogP contribution is -2.24. The maximum absolute atomic E-state index is 13.7. The molecule has 2 nitrogen and oxygen atoms in total. The SMILES string of the molecule is CC(CO)CSC(c1ccccc1F)C(C)N. The molecular weight excluding hydrogens is 237 g/mol. The molecule has 0 fully saturated rings. The van der Waals surface area contributed by atoms with Gasteiger partial charge in [0.2, 0.25) is 0 Å². The van der Waals surface area contributed by atoms with E-state index in [1.54, 1.807) is 23.9 Å². The van der Waals surface area contributed by atoms with Gasteiger partial charge in [0.1, 0.15) is 5.82 Å². The smallest absolute Gasteiger partial charge is 0.127 e. The van der Waals surface area contributed by atoms with Gasteiger partial charge < -0.3 is 10.8 Å². The molecule has 0 aliphatic heterocycles. The first-order valence-corrected chi connectivity index (χ1v) is 6.83. The Kier molecular flexibility index (Phi) is 5.95. The summed E-state index contributed by atoms with van der Waals surface area (Å²) in [4.78, 5) is 0. The average molecular weight is 257 g/mol. The first-order chi connectivity index (χ1) is 8.06. The van der Waals surface area contributed by atoms with Gasteiger partial charge >= 0.3 is 0 Å². The minimum atomic E-state index is -0.209. The summed E-state index contributed by atoms with van der Waals surface area (Å²) >= 11 is 1.60. The molecule has 0 saturated carbocycles. The van der Waals surface area contributed by atoms with Crippen molar-refractivity contribution in [3.05, 3.63) is 35.6 Å². The van der Waals surface area contributed by atoms with Crippen molar-refractivity contribution in [1.29, 1.82) is 0 Å². The van der Waals surface area contributed by atoms with Crippen LogP contribution in [0.15, 0.2) is 24.3 Å². The molecule has 1 aromatic carbocycles. The summed E-state index contributed by atoms with van der Waals surface area (Å²) in [6.07, 6.45) is 0. The maximum Gasteiger partial charge on any atom is 0.127 e. The Morgan fingerprint density at radius 2 is 2.00 bits per heavy atom. The molecule has 3 unspecified atom stereocenters. The molecule has 4 heteroatoms. The van der Waals surface area contributed by atoms with Crippen molar-refractivity contribution in [2.75, 3.05) is 12.4 Å². The third-order valence-electron chi connectivity index (χ3n) is 2.56. The average Bonchev–Trinajstić information content (AvgIpc) is 2.30. The molecule has 3 N–H and O–H groups in total. The van der Waals surface area contributed by atoms with E-state index in [4.69, 9.17) is 10.8 Å². The van der Waals surface area contributed by atoms with Gasteiger partial charge in [-0.05, 0) is 24.7 Å². The second-order valence-electron chi connectivity index (χ2n) is 4.42. The minimum absolute atomic E-state index is 0.0646. The number of thioether (sulfide) groups is 1. The van der Waals surface area contributed by atoms with Gasteiger partial charge in [0.15, 0.2) is 0 Å². The highest BCUT2D eigenvalue weighted by Crippen LogP contribution is 2.33. The van der Waals surface area contributed by atoms with Crippen LogP contribution >= 0.6 is 11.8 Å². The molecule has 0 radical (unpaired) electrons. The Morgan fingerprint density at radius 3 is 2.53 bits per heavy atom. The lowest BCUT2D eigenvalue weighted by Gasteiger charge is -2.22. The lowest BCUT2D eigenvalue weighted by molar-refractivity contribution is 0.250. The highest BCUT2D eigenvalue weighted by atomic mass is 32.2. The Hall–Kier alpha value is -0.580. The normalized spacial score (nSPS) is 16.5. The molecule has 17 heavy (non-hydrogen) atoms. The predicted molar refractivity (Wildman–Crippen MR) is 71.5 cm³/mol. The van der Waals surface area contributed by atoms with Crippen LogP contribution in [0.2, 0.25) is 0 Å². The largest absolute Gasteiger partial charge is 0.396 e. The molecule has 0 bridgehead atoms. The van der Waals surface area contributed by atoms with Gasteiger partial charge in [0, 0.05) is 23.5 Å². The summed E-state index contributed by atoms with van der Waals surface area (Å²) in [5.74, 6) is 0.767. The fourth-order valence-electron chi connectivity index (χ4n) is 1.55. The van der Waals surface area contributed by atoms with Crippen LogP contribution in [0.4, 0.5) is 4.39 Å². The lowest BCUT2D eigenvalue weighted by atomic mass is 10.1. The number of nitrogens with two attached hydrogens (primary N) is 1. The third-order valence-corrected chi connectivity index (χ3v) is 4.37. The van der Waals surface area contributed by atoms with Crippen molar-refractivity contribution in [2.45, 2.75) is 25.1 Å². The Morgan fingerprint density at radius 1 is 1.35 bits per heavy atom. The molecular formula is C13H20FNOS. The maximum atomic E-state index is 13.7. The minimum Gasteiger partial charge on any atom is -0.396 e. The van der Waals surface area contributed by atoms with Crippen molar-refractivity contribution in [1.82, 2.24) is 0 Å². The number of hydrogen-bond acceptors (Lipinski definition) is 3. The number of aliphatic hydroxyl groups excluding tert-OH is 1. The molecule has 0 spiro atoms. The number of halogens is 1. The summed E-state index contributed by atoms with van der Waals surface area (Å²) in [7, 11) is 0.